The van der Waals surface area contributed by atoms with Crippen molar-refractivity contribution in [1.82, 2.24) is 5.43 Å². The monoisotopic (exact) mass is 152 g/mol. The summed E-state index contributed by atoms with van der Waals surface area (Å²) >= 11 is 0. The maximum absolute atomic E-state index is 4.32. The van der Waals surface area contributed by atoms with Crippen molar-refractivity contribution in [1.29, 1.82) is 0 Å². The van der Waals surface area contributed by atoms with E-state index < -0.39 is 0 Å². The van der Waals surface area contributed by atoms with Gasteiger partial charge in [0.2, 0.25) is 0 Å². The van der Waals surface area contributed by atoms with Gasteiger partial charge in [-0.1, -0.05) is 12.8 Å². The standard InChI is InChI=1S/C9H16N2/c1-7-8-5-3-4-6-9(8,2)11-10-7/h8,11H,3-6H2,1-2H3. The summed E-state index contributed by atoms with van der Waals surface area (Å²) in [5.74, 6) is 0.719. The van der Waals surface area contributed by atoms with Crippen LogP contribution in [0.25, 0.3) is 0 Å². The van der Waals surface area contributed by atoms with Crippen molar-refractivity contribution in [2.75, 3.05) is 0 Å². The number of hydrazone groups is 1. The van der Waals surface area contributed by atoms with E-state index in [-0.39, 0.29) is 0 Å². The maximum Gasteiger partial charge on any atom is 0.0601 e. The molecule has 11 heavy (non-hydrogen) atoms. The predicted octanol–water partition coefficient (Wildman–Crippen LogP) is 1.91. The smallest absolute Gasteiger partial charge is 0.0601 e. The highest BCUT2D eigenvalue weighted by Crippen LogP contribution is 2.37. The van der Waals surface area contributed by atoms with Gasteiger partial charge >= 0.3 is 0 Å². The second-order valence-electron chi connectivity index (χ2n) is 4.08. The number of nitrogens with zero attached hydrogens (tertiary/aromatic N) is 1. The fraction of sp³-hybridized carbons (Fsp3) is 0.889. The average Bonchev–Trinajstić information content (AvgIpc) is 2.29. The molecule has 1 heterocycles. The van der Waals surface area contributed by atoms with E-state index in [0.717, 1.165) is 5.92 Å². The Balaban J connectivity index is 2.20. The third-order valence-corrected chi connectivity index (χ3v) is 3.20. The van der Waals surface area contributed by atoms with Crippen molar-refractivity contribution >= 4 is 5.71 Å². The molecule has 0 aromatic carbocycles. The van der Waals surface area contributed by atoms with E-state index >= 15 is 0 Å². The molecule has 0 saturated heterocycles. The van der Waals surface area contributed by atoms with Crippen LogP contribution in [0.15, 0.2) is 5.10 Å². The van der Waals surface area contributed by atoms with Crippen molar-refractivity contribution < 1.29 is 0 Å². The summed E-state index contributed by atoms with van der Waals surface area (Å²) < 4.78 is 0. The summed E-state index contributed by atoms with van der Waals surface area (Å²) in [6.45, 7) is 4.45. The summed E-state index contributed by atoms with van der Waals surface area (Å²) in [4.78, 5) is 0. The molecule has 2 unspecified atom stereocenters. The Hall–Kier alpha value is -0.530. The zero-order valence-corrected chi connectivity index (χ0v) is 7.35. The van der Waals surface area contributed by atoms with Crippen LogP contribution < -0.4 is 5.43 Å². The van der Waals surface area contributed by atoms with Gasteiger partial charge in [-0.2, -0.15) is 5.10 Å². The molecule has 2 heteroatoms. The zero-order chi connectivity index (χ0) is 7.90. The first kappa shape index (κ1) is 7.14. The van der Waals surface area contributed by atoms with Crippen LogP contribution in [0.5, 0.6) is 0 Å². The minimum absolute atomic E-state index is 0.308. The number of hydrogen-bond donors (Lipinski definition) is 1. The highest BCUT2D eigenvalue weighted by molar-refractivity contribution is 5.87. The van der Waals surface area contributed by atoms with E-state index in [2.05, 4.69) is 24.4 Å². The summed E-state index contributed by atoms with van der Waals surface area (Å²) in [5, 5.41) is 4.32. The largest absolute Gasteiger partial charge is 0.304 e. The van der Waals surface area contributed by atoms with Gasteiger partial charge in [-0.25, -0.2) is 0 Å². The van der Waals surface area contributed by atoms with Crippen molar-refractivity contribution in [3.8, 4) is 0 Å². The predicted molar refractivity (Wildman–Crippen MR) is 46.6 cm³/mol. The van der Waals surface area contributed by atoms with E-state index in [0.29, 0.717) is 5.54 Å². The Kier molecular flexibility index (Phi) is 1.44. The topological polar surface area (TPSA) is 24.4 Å². The number of nitrogens with one attached hydrogen (secondary N) is 1. The van der Waals surface area contributed by atoms with E-state index in [1.54, 1.807) is 0 Å². The first-order valence-electron chi connectivity index (χ1n) is 4.54. The SMILES string of the molecule is CC1=NNC2(C)CCCCC12. The Morgan fingerprint density at radius 1 is 1.55 bits per heavy atom. The van der Waals surface area contributed by atoms with Gasteiger partial charge in [0, 0.05) is 11.6 Å². The normalized spacial score (nSPS) is 42.7. The van der Waals surface area contributed by atoms with Crippen LogP contribution in [-0.2, 0) is 0 Å². The summed E-state index contributed by atoms with van der Waals surface area (Å²) in [6, 6.07) is 0. The second kappa shape index (κ2) is 2.23. The van der Waals surface area contributed by atoms with Gasteiger partial charge in [0.15, 0.2) is 0 Å². The van der Waals surface area contributed by atoms with Crippen molar-refractivity contribution in [2.45, 2.75) is 45.1 Å². The van der Waals surface area contributed by atoms with Crippen LogP contribution in [0, 0.1) is 5.92 Å². The van der Waals surface area contributed by atoms with E-state index in [1.807, 2.05) is 0 Å². The lowest BCUT2D eigenvalue weighted by molar-refractivity contribution is 0.235. The fourth-order valence-electron chi connectivity index (χ4n) is 2.43. The molecule has 0 amide bonds. The minimum Gasteiger partial charge on any atom is -0.304 e. The average molecular weight is 152 g/mol. The van der Waals surface area contributed by atoms with Crippen LogP contribution in [0.4, 0.5) is 0 Å². The molecule has 1 N–H and O–H groups in total. The molecule has 0 radical (unpaired) electrons. The maximum atomic E-state index is 4.32. The van der Waals surface area contributed by atoms with E-state index in [4.69, 9.17) is 0 Å². The number of fused-ring (bicyclic) bond motifs is 1. The van der Waals surface area contributed by atoms with Crippen molar-refractivity contribution in [2.24, 2.45) is 11.0 Å². The van der Waals surface area contributed by atoms with Gasteiger partial charge in [0.1, 0.15) is 0 Å². The van der Waals surface area contributed by atoms with Gasteiger partial charge in [-0.3, -0.25) is 0 Å². The molecule has 1 aliphatic heterocycles. The third kappa shape index (κ3) is 0.959. The van der Waals surface area contributed by atoms with Crippen molar-refractivity contribution in [3.63, 3.8) is 0 Å². The molecular formula is C9H16N2. The van der Waals surface area contributed by atoms with Crippen LogP contribution in [-0.4, -0.2) is 11.3 Å². The van der Waals surface area contributed by atoms with Gasteiger partial charge < -0.3 is 5.43 Å². The molecule has 1 saturated carbocycles. The lowest BCUT2D eigenvalue weighted by Gasteiger charge is -2.35. The van der Waals surface area contributed by atoms with Crippen LogP contribution in [0.2, 0.25) is 0 Å². The quantitative estimate of drug-likeness (QED) is 0.563. The molecule has 2 aliphatic rings. The first-order chi connectivity index (χ1) is 5.22. The van der Waals surface area contributed by atoms with E-state index in [1.165, 1.54) is 31.4 Å². The molecule has 1 fully saturated rings. The summed E-state index contributed by atoms with van der Waals surface area (Å²) in [7, 11) is 0. The summed E-state index contributed by atoms with van der Waals surface area (Å²) in [6.07, 6.45) is 5.37. The second-order valence-corrected chi connectivity index (χ2v) is 4.08. The molecule has 0 spiro atoms. The fourth-order valence-corrected chi connectivity index (χ4v) is 2.43. The third-order valence-electron chi connectivity index (χ3n) is 3.20. The molecule has 0 aromatic heterocycles. The van der Waals surface area contributed by atoms with Crippen LogP contribution in [0.3, 0.4) is 0 Å². The molecule has 2 atom stereocenters. The van der Waals surface area contributed by atoms with Gasteiger partial charge in [-0.05, 0) is 26.7 Å². The molecular weight excluding hydrogens is 136 g/mol. The Bertz CT molecular complexity index is 198. The van der Waals surface area contributed by atoms with E-state index in [9.17, 15) is 0 Å². The molecule has 1 aliphatic carbocycles. The summed E-state index contributed by atoms with van der Waals surface area (Å²) in [5.41, 5.74) is 4.89. The van der Waals surface area contributed by atoms with Gasteiger partial charge in [0.05, 0.1) is 5.54 Å². The lowest BCUT2D eigenvalue weighted by Crippen LogP contribution is -2.45. The Morgan fingerprint density at radius 2 is 2.36 bits per heavy atom. The highest BCUT2D eigenvalue weighted by atomic mass is 15.4. The number of rotatable bonds is 0. The lowest BCUT2D eigenvalue weighted by atomic mass is 9.73. The molecule has 0 aromatic rings. The zero-order valence-electron chi connectivity index (χ0n) is 7.35. The first-order valence-corrected chi connectivity index (χ1v) is 4.54. The molecule has 2 rings (SSSR count). The molecule has 2 nitrogen and oxygen atoms in total. The van der Waals surface area contributed by atoms with Gasteiger partial charge in [0.25, 0.3) is 0 Å². The molecule has 0 bridgehead atoms. The minimum atomic E-state index is 0.308. The number of hydrogen-bond acceptors (Lipinski definition) is 2. The van der Waals surface area contributed by atoms with Crippen LogP contribution in [0.1, 0.15) is 39.5 Å². The Labute approximate surface area is 68.1 Å². The van der Waals surface area contributed by atoms with Crippen LogP contribution >= 0.6 is 0 Å². The highest BCUT2D eigenvalue weighted by Gasteiger charge is 2.41. The van der Waals surface area contributed by atoms with Gasteiger partial charge in [-0.15, -0.1) is 0 Å². The Morgan fingerprint density at radius 3 is 3.09 bits per heavy atom. The van der Waals surface area contributed by atoms with Crippen molar-refractivity contribution in [3.05, 3.63) is 0 Å². The molecule has 62 valence electrons.